The first kappa shape index (κ1) is 38.4. The van der Waals surface area contributed by atoms with Crippen LogP contribution in [0.1, 0.15) is 88.7 Å². The average Bonchev–Trinajstić information content (AvgIpc) is 3.12. The Morgan fingerprint density at radius 2 is 1.56 bits per heavy atom. The Morgan fingerprint density at radius 1 is 0.875 bits per heavy atom. The summed E-state index contributed by atoms with van der Waals surface area (Å²) < 4.78 is 0. The van der Waals surface area contributed by atoms with E-state index in [-0.39, 0.29) is 36.7 Å². The van der Waals surface area contributed by atoms with Gasteiger partial charge in [-0.15, -0.1) is 0 Å². The van der Waals surface area contributed by atoms with Gasteiger partial charge in [-0.3, -0.25) is 14.6 Å². The predicted octanol–water partition coefficient (Wildman–Crippen LogP) is 8.26. The highest BCUT2D eigenvalue weighted by molar-refractivity contribution is 5.75. The van der Waals surface area contributed by atoms with Crippen LogP contribution in [-0.4, -0.2) is 42.8 Å². The molecule has 9 heteroatoms. The van der Waals surface area contributed by atoms with E-state index in [4.69, 9.17) is 24.9 Å². The van der Waals surface area contributed by atoms with E-state index in [0.717, 1.165) is 23.5 Å². The molecule has 0 aromatic heterocycles. The van der Waals surface area contributed by atoms with E-state index in [1.807, 2.05) is 6.07 Å². The molecule has 1 aliphatic rings. The first-order chi connectivity index (χ1) is 23.4. The summed E-state index contributed by atoms with van der Waals surface area (Å²) in [5, 5.41) is 21.5. The van der Waals surface area contributed by atoms with Crippen molar-refractivity contribution in [3.8, 4) is 33.8 Å². The van der Waals surface area contributed by atoms with Gasteiger partial charge in [0.05, 0.1) is 26.7 Å². The molecule has 0 saturated heterocycles. The van der Waals surface area contributed by atoms with Crippen molar-refractivity contribution >= 4 is 12.3 Å². The lowest BCUT2D eigenvalue weighted by Gasteiger charge is -2.29. The van der Waals surface area contributed by atoms with Crippen molar-refractivity contribution in [3.05, 3.63) is 83.9 Å². The number of unbranched alkanes of at least 4 members (excludes halogenated alkanes) is 2. The number of benzene rings is 3. The lowest BCUT2D eigenvalue weighted by molar-refractivity contribution is -0.437. The summed E-state index contributed by atoms with van der Waals surface area (Å²) in [6, 6.07) is 20.9. The molecule has 1 saturated carbocycles. The average molecular weight is 663 g/mol. The van der Waals surface area contributed by atoms with Crippen LogP contribution in [0.3, 0.4) is 0 Å². The van der Waals surface area contributed by atoms with Crippen molar-refractivity contribution in [3.63, 3.8) is 0 Å². The standard InChI is InChI=1S/C35H44O7.C4H6O2/c1-4-6-7-8-25-9-11-27(12-10-25)28-13-15-29(16-14-28)32-19-17-30(23-26(32)5-2)31-18-20-33(39-38-3)34(24-31)40-42-41-35(37)21-22-36;1-4(2-5)3-6/h13-20,23-25,27,36H,4-12,21-22H2,1-3H3;2,6H,1,3H2. The van der Waals surface area contributed by atoms with Crippen molar-refractivity contribution < 1.29 is 44.4 Å². The smallest absolute Gasteiger partial charge is 0.348 e. The minimum absolute atomic E-state index is 0.166. The molecule has 0 aliphatic heterocycles. The molecule has 0 bridgehead atoms. The highest BCUT2D eigenvalue weighted by atomic mass is 17.5. The SMILES string of the molecule is C=C(C=O)CO.CCCCCC1CCC(c2ccc(-c3ccc(-c4ccc(OOC)c(OOOC(=O)CCO)c4)cc3CC)cc2)CC1. The van der Waals surface area contributed by atoms with Crippen LogP contribution in [0.15, 0.2) is 72.8 Å². The van der Waals surface area contributed by atoms with Crippen LogP contribution in [0.5, 0.6) is 11.5 Å². The molecule has 4 rings (SSSR count). The van der Waals surface area contributed by atoms with E-state index in [1.54, 1.807) is 12.1 Å². The van der Waals surface area contributed by atoms with Crippen molar-refractivity contribution in [2.24, 2.45) is 5.92 Å². The van der Waals surface area contributed by atoms with E-state index < -0.39 is 5.97 Å². The molecule has 1 fully saturated rings. The number of hydrogen-bond acceptors (Lipinski definition) is 9. The zero-order chi connectivity index (χ0) is 34.7. The van der Waals surface area contributed by atoms with Crippen LogP contribution in [0.2, 0.25) is 0 Å². The maximum absolute atomic E-state index is 11.5. The van der Waals surface area contributed by atoms with Crippen molar-refractivity contribution in [1.82, 2.24) is 0 Å². The lowest BCUT2D eigenvalue weighted by Crippen LogP contribution is -2.13. The fraction of sp³-hybridized carbons (Fsp3) is 0.436. The van der Waals surface area contributed by atoms with Crippen molar-refractivity contribution in [2.45, 2.75) is 84.0 Å². The number of aliphatic hydroxyl groups is 2. The van der Waals surface area contributed by atoms with E-state index in [0.29, 0.717) is 12.2 Å². The first-order valence-electron chi connectivity index (χ1n) is 16.8. The van der Waals surface area contributed by atoms with E-state index in [9.17, 15) is 9.59 Å². The molecular weight excluding hydrogens is 612 g/mol. The van der Waals surface area contributed by atoms with E-state index in [2.05, 4.69) is 72.8 Å². The van der Waals surface area contributed by atoms with Crippen LogP contribution in [-0.2, 0) is 30.8 Å². The number of carbonyl (C=O) groups excluding carboxylic acids is 2. The largest absolute Gasteiger partial charge is 0.396 e. The van der Waals surface area contributed by atoms with E-state index in [1.165, 1.54) is 80.7 Å². The van der Waals surface area contributed by atoms with Gasteiger partial charge in [0, 0.05) is 10.6 Å². The number of aliphatic hydroxyl groups excluding tert-OH is 2. The van der Waals surface area contributed by atoms with Crippen LogP contribution in [0, 0.1) is 5.92 Å². The fourth-order valence-corrected chi connectivity index (χ4v) is 5.92. The van der Waals surface area contributed by atoms with Crippen molar-refractivity contribution in [1.29, 1.82) is 0 Å². The van der Waals surface area contributed by atoms with Gasteiger partial charge in [-0.1, -0.05) is 94.6 Å². The topological polar surface area (TPSA) is 121 Å². The first-order valence-corrected chi connectivity index (χ1v) is 16.8. The zero-order valence-electron chi connectivity index (χ0n) is 28.5. The van der Waals surface area contributed by atoms with Crippen LogP contribution >= 0.6 is 0 Å². The number of rotatable bonds is 17. The van der Waals surface area contributed by atoms with Gasteiger partial charge in [-0.25, -0.2) is 4.79 Å². The Hall–Kier alpha value is -4.02. The number of aldehydes is 1. The second-order valence-corrected chi connectivity index (χ2v) is 12.0. The maximum Gasteiger partial charge on any atom is 0.348 e. The molecule has 260 valence electrons. The third kappa shape index (κ3) is 11.9. The molecule has 2 N–H and O–H groups in total. The van der Waals surface area contributed by atoms with Gasteiger partial charge in [0.2, 0.25) is 11.5 Å². The summed E-state index contributed by atoms with van der Waals surface area (Å²) in [5.74, 6) is 1.25. The molecule has 0 heterocycles. The van der Waals surface area contributed by atoms with Gasteiger partial charge >= 0.3 is 5.97 Å². The van der Waals surface area contributed by atoms with Crippen LogP contribution in [0.25, 0.3) is 22.3 Å². The third-order valence-corrected chi connectivity index (χ3v) is 8.63. The normalized spacial score (nSPS) is 15.5. The second kappa shape index (κ2) is 21.1. The Bertz CT molecular complexity index is 1430. The summed E-state index contributed by atoms with van der Waals surface area (Å²) in [7, 11) is 1.37. The summed E-state index contributed by atoms with van der Waals surface area (Å²) in [5.41, 5.74) is 7.23. The Morgan fingerprint density at radius 3 is 2.17 bits per heavy atom. The summed E-state index contributed by atoms with van der Waals surface area (Å²) in [4.78, 5) is 40.6. The molecule has 0 amide bonds. The molecular formula is C39H50O9. The fourth-order valence-electron chi connectivity index (χ4n) is 5.92. The minimum atomic E-state index is -0.760. The minimum Gasteiger partial charge on any atom is -0.396 e. The van der Waals surface area contributed by atoms with Crippen LogP contribution in [0.4, 0.5) is 0 Å². The van der Waals surface area contributed by atoms with Gasteiger partial charge < -0.3 is 15.1 Å². The highest BCUT2D eigenvalue weighted by Crippen LogP contribution is 2.39. The Balaban J connectivity index is 0.000000952. The number of carbonyl (C=O) groups is 2. The maximum atomic E-state index is 11.5. The third-order valence-electron chi connectivity index (χ3n) is 8.63. The quantitative estimate of drug-likeness (QED) is 0.0484. The molecule has 9 nitrogen and oxygen atoms in total. The van der Waals surface area contributed by atoms with Crippen molar-refractivity contribution in [2.75, 3.05) is 20.3 Å². The van der Waals surface area contributed by atoms with Gasteiger partial charge in [0.15, 0.2) is 0 Å². The molecule has 0 unspecified atom stereocenters. The van der Waals surface area contributed by atoms with Gasteiger partial charge in [-0.2, -0.15) is 4.89 Å². The molecule has 0 radical (unpaired) electrons. The number of aryl methyl sites for hydroxylation is 1. The molecule has 1 aliphatic carbocycles. The monoisotopic (exact) mass is 662 g/mol. The summed E-state index contributed by atoms with van der Waals surface area (Å²) >= 11 is 0. The molecule has 0 spiro atoms. The van der Waals surface area contributed by atoms with Crippen LogP contribution < -0.4 is 9.78 Å². The van der Waals surface area contributed by atoms with Gasteiger partial charge in [0.1, 0.15) is 6.29 Å². The summed E-state index contributed by atoms with van der Waals surface area (Å²) in [6.45, 7) is 7.03. The van der Waals surface area contributed by atoms with E-state index >= 15 is 0 Å². The Kier molecular flexibility index (Phi) is 16.9. The molecule has 3 aromatic rings. The molecule has 48 heavy (non-hydrogen) atoms. The zero-order valence-corrected chi connectivity index (χ0v) is 28.5. The second-order valence-electron chi connectivity index (χ2n) is 12.0. The molecule has 0 atom stereocenters. The predicted molar refractivity (Wildman–Crippen MR) is 185 cm³/mol. The van der Waals surface area contributed by atoms with Gasteiger partial charge in [0.25, 0.3) is 0 Å². The lowest BCUT2D eigenvalue weighted by atomic mass is 9.77. The molecule has 3 aromatic carbocycles. The number of hydrogen-bond donors (Lipinski definition) is 2. The summed E-state index contributed by atoms with van der Waals surface area (Å²) in [6.07, 6.45) is 12.0. The van der Waals surface area contributed by atoms with Gasteiger partial charge in [-0.05, 0) is 89.5 Å². The highest BCUT2D eigenvalue weighted by Gasteiger charge is 2.22. The Labute approximate surface area is 284 Å².